The highest BCUT2D eigenvalue weighted by atomic mass is 15.3. The lowest BCUT2D eigenvalue weighted by atomic mass is 10.2. The van der Waals surface area contributed by atoms with Gasteiger partial charge in [-0.2, -0.15) is 5.10 Å². The Bertz CT molecular complexity index is 252. The Morgan fingerprint density at radius 1 is 1.58 bits per heavy atom. The average Bonchev–Trinajstić information content (AvgIpc) is 2.30. The number of aryl methyl sites for hydroxylation is 2. The molecule has 1 heterocycles. The topological polar surface area (TPSA) is 45.5 Å². The van der Waals surface area contributed by atoms with Crippen LogP contribution in [0.25, 0.3) is 0 Å². The van der Waals surface area contributed by atoms with E-state index in [0.717, 1.165) is 18.7 Å². The smallest absolute Gasteiger partial charge is 0.104 e. The molecule has 0 spiro atoms. The highest BCUT2D eigenvalue weighted by molar-refractivity contribution is 5.06. The molecule has 1 atom stereocenters. The molecule has 0 saturated carbocycles. The summed E-state index contributed by atoms with van der Waals surface area (Å²) in [5, 5.41) is 4.37. The van der Waals surface area contributed by atoms with Gasteiger partial charge in [0.15, 0.2) is 0 Å². The third-order valence-electron chi connectivity index (χ3n) is 2.11. The van der Waals surface area contributed by atoms with E-state index in [9.17, 15) is 0 Å². The van der Waals surface area contributed by atoms with Crippen molar-refractivity contribution in [2.45, 2.75) is 39.8 Å². The molecule has 0 bridgehead atoms. The first-order valence-corrected chi connectivity index (χ1v) is 4.47. The van der Waals surface area contributed by atoms with Crippen LogP contribution < -0.4 is 5.73 Å². The van der Waals surface area contributed by atoms with Gasteiger partial charge in [0, 0.05) is 5.69 Å². The molecule has 12 heavy (non-hydrogen) atoms. The number of quaternary nitrogens is 1. The molecule has 0 amide bonds. The van der Waals surface area contributed by atoms with Gasteiger partial charge in [-0.15, -0.1) is 0 Å². The van der Waals surface area contributed by atoms with Crippen LogP contribution in [0.4, 0.5) is 0 Å². The zero-order chi connectivity index (χ0) is 9.14. The van der Waals surface area contributed by atoms with Crippen LogP contribution in [-0.2, 0) is 6.54 Å². The second-order valence-corrected chi connectivity index (χ2v) is 3.38. The lowest BCUT2D eigenvalue weighted by Crippen LogP contribution is -2.62. The minimum atomic E-state index is 0.475. The number of hydrogen-bond acceptors (Lipinski definition) is 1. The van der Waals surface area contributed by atoms with Gasteiger partial charge in [0.25, 0.3) is 0 Å². The van der Waals surface area contributed by atoms with Gasteiger partial charge in [-0.25, -0.2) is 0 Å². The zero-order valence-electron chi connectivity index (χ0n) is 8.17. The van der Waals surface area contributed by atoms with Gasteiger partial charge in [-0.05, 0) is 26.3 Å². The van der Waals surface area contributed by atoms with Gasteiger partial charge >= 0.3 is 0 Å². The fraction of sp³-hybridized carbons (Fsp3) is 0.667. The molecule has 3 nitrogen and oxygen atoms in total. The summed E-state index contributed by atoms with van der Waals surface area (Å²) >= 11 is 0. The van der Waals surface area contributed by atoms with Gasteiger partial charge in [0.1, 0.15) is 6.04 Å². The third kappa shape index (κ3) is 2.08. The summed E-state index contributed by atoms with van der Waals surface area (Å²) in [5.41, 5.74) is 6.37. The molecule has 0 fully saturated rings. The maximum absolute atomic E-state index is 4.37. The largest absolute Gasteiger partial charge is 0.354 e. The van der Waals surface area contributed by atoms with Crippen molar-refractivity contribution in [2.75, 3.05) is 0 Å². The highest BCUT2D eigenvalue weighted by Crippen LogP contribution is 2.02. The molecule has 0 aliphatic carbocycles. The Labute approximate surface area is 73.6 Å². The van der Waals surface area contributed by atoms with Gasteiger partial charge in [0.05, 0.1) is 12.2 Å². The third-order valence-corrected chi connectivity index (χ3v) is 2.11. The van der Waals surface area contributed by atoms with E-state index >= 15 is 0 Å². The second kappa shape index (κ2) is 3.72. The fourth-order valence-electron chi connectivity index (χ4n) is 1.23. The Morgan fingerprint density at radius 3 is 2.67 bits per heavy atom. The predicted octanol–water partition coefficient (Wildman–Crippen LogP) is 0.520. The van der Waals surface area contributed by atoms with E-state index in [0.29, 0.717) is 6.04 Å². The first-order valence-electron chi connectivity index (χ1n) is 4.47. The predicted molar refractivity (Wildman–Crippen MR) is 48.7 cm³/mol. The molecule has 0 aromatic carbocycles. The molecule has 0 radical (unpaired) electrons. The molecule has 68 valence electrons. The molecule has 1 aromatic rings. The van der Waals surface area contributed by atoms with Crippen molar-refractivity contribution in [3.05, 3.63) is 17.5 Å². The molecule has 0 aliphatic heterocycles. The van der Waals surface area contributed by atoms with E-state index in [1.54, 1.807) is 0 Å². The number of aromatic nitrogens is 2. The van der Waals surface area contributed by atoms with Crippen molar-refractivity contribution in [2.24, 2.45) is 0 Å². The van der Waals surface area contributed by atoms with Gasteiger partial charge in [-0.1, -0.05) is 6.92 Å². The Kier molecular flexibility index (Phi) is 2.87. The van der Waals surface area contributed by atoms with Crippen LogP contribution in [0, 0.1) is 13.8 Å². The molecule has 3 N–H and O–H groups in total. The van der Waals surface area contributed by atoms with Crippen molar-refractivity contribution in [1.82, 2.24) is 9.78 Å². The lowest BCUT2D eigenvalue weighted by Gasteiger charge is -2.06. The molecule has 0 aliphatic rings. The average molecular weight is 168 g/mol. The van der Waals surface area contributed by atoms with Gasteiger partial charge in [-0.3, -0.25) is 4.68 Å². The Morgan fingerprint density at radius 2 is 2.25 bits per heavy atom. The van der Waals surface area contributed by atoms with Crippen molar-refractivity contribution in [3.63, 3.8) is 0 Å². The molecule has 3 heteroatoms. The van der Waals surface area contributed by atoms with Crippen LogP contribution in [-0.4, -0.2) is 15.8 Å². The maximum atomic E-state index is 4.37. The van der Waals surface area contributed by atoms with Crippen LogP contribution in [0.5, 0.6) is 0 Å². The van der Waals surface area contributed by atoms with E-state index in [1.165, 1.54) is 5.69 Å². The lowest BCUT2D eigenvalue weighted by molar-refractivity contribution is -0.423. The minimum absolute atomic E-state index is 0.475. The number of rotatable bonds is 3. The van der Waals surface area contributed by atoms with Crippen molar-refractivity contribution < 1.29 is 5.73 Å². The SMILES string of the molecule is CC[C@@H]([NH3+])Cn1nc(C)cc1C. The zero-order valence-corrected chi connectivity index (χ0v) is 8.17. The summed E-state index contributed by atoms with van der Waals surface area (Å²) in [6.07, 6.45) is 1.11. The fourth-order valence-corrected chi connectivity index (χ4v) is 1.23. The van der Waals surface area contributed by atoms with E-state index in [2.05, 4.69) is 30.7 Å². The molecular weight excluding hydrogens is 150 g/mol. The quantitative estimate of drug-likeness (QED) is 0.702. The number of nitrogens with zero attached hydrogens (tertiary/aromatic N) is 2. The van der Waals surface area contributed by atoms with Crippen molar-refractivity contribution in [1.29, 1.82) is 0 Å². The number of hydrogen-bond donors (Lipinski definition) is 1. The molecular formula is C9H18N3+. The Hall–Kier alpha value is -0.830. The first kappa shape index (κ1) is 9.26. The minimum Gasteiger partial charge on any atom is -0.354 e. The van der Waals surface area contributed by atoms with Crippen LogP contribution in [0.3, 0.4) is 0 Å². The summed E-state index contributed by atoms with van der Waals surface area (Å²) < 4.78 is 2.04. The van der Waals surface area contributed by atoms with E-state index < -0.39 is 0 Å². The summed E-state index contributed by atoms with van der Waals surface area (Å²) in [5.74, 6) is 0. The summed E-state index contributed by atoms with van der Waals surface area (Å²) in [7, 11) is 0. The van der Waals surface area contributed by atoms with Crippen LogP contribution in [0.2, 0.25) is 0 Å². The van der Waals surface area contributed by atoms with Crippen molar-refractivity contribution >= 4 is 0 Å². The first-order chi connectivity index (χ1) is 5.63. The molecule has 1 aromatic heterocycles. The molecule has 1 rings (SSSR count). The summed E-state index contributed by atoms with van der Waals surface area (Å²) in [4.78, 5) is 0. The van der Waals surface area contributed by atoms with Crippen molar-refractivity contribution in [3.8, 4) is 0 Å². The second-order valence-electron chi connectivity index (χ2n) is 3.38. The molecule has 0 saturated heterocycles. The standard InChI is InChI=1S/C9H17N3/c1-4-9(10)6-12-8(3)5-7(2)11-12/h5,9H,4,6,10H2,1-3H3/p+1/t9-/m1/s1. The van der Waals surface area contributed by atoms with E-state index in [4.69, 9.17) is 0 Å². The summed E-state index contributed by atoms with van der Waals surface area (Å²) in [6, 6.07) is 2.57. The monoisotopic (exact) mass is 168 g/mol. The summed E-state index contributed by atoms with van der Waals surface area (Å²) in [6.45, 7) is 7.20. The maximum Gasteiger partial charge on any atom is 0.104 e. The molecule has 0 unspecified atom stereocenters. The van der Waals surface area contributed by atoms with E-state index in [1.807, 2.05) is 11.6 Å². The van der Waals surface area contributed by atoms with Crippen LogP contribution in [0.15, 0.2) is 6.07 Å². The normalized spacial score (nSPS) is 13.3. The van der Waals surface area contributed by atoms with Crippen LogP contribution in [0.1, 0.15) is 24.7 Å². The van der Waals surface area contributed by atoms with Gasteiger partial charge in [0.2, 0.25) is 0 Å². The van der Waals surface area contributed by atoms with Crippen LogP contribution >= 0.6 is 0 Å². The Balaban J connectivity index is 2.68. The van der Waals surface area contributed by atoms with E-state index in [-0.39, 0.29) is 0 Å². The highest BCUT2D eigenvalue weighted by Gasteiger charge is 2.07. The van der Waals surface area contributed by atoms with Gasteiger partial charge < -0.3 is 5.73 Å².